The lowest BCUT2D eigenvalue weighted by atomic mass is 9.97. The normalized spacial score (nSPS) is 18.6. The van der Waals surface area contributed by atoms with Crippen molar-refractivity contribution in [2.45, 2.75) is 38.5 Å². The van der Waals surface area contributed by atoms with E-state index in [1.807, 2.05) is 11.9 Å². The molecule has 2 aromatic heterocycles. The molecule has 1 saturated heterocycles. The van der Waals surface area contributed by atoms with Crippen molar-refractivity contribution >= 4 is 5.91 Å². The van der Waals surface area contributed by atoms with Gasteiger partial charge in [0.25, 0.3) is 5.91 Å². The average molecular weight is 303 g/mol. The Labute approximate surface area is 129 Å². The zero-order valence-corrected chi connectivity index (χ0v) is 13.0. The Balaban J connectivity index is 1.69. The summed E-state index contributed by atoms with van der Waals surface area (Å²) < 4.78 is 7.02. The van der Waals surface area contributed by atoms with Gasteiger partial charge in [-0.05, 0) is 19.3 Å². The quantitative estimate of drug-likeness (QED) is 0.860. The van der Waals surface area contributed by atoms with E-state index in [0.29, 0.717) is 18.0 Å². The third-order valence-electron chi connectivity index (χ3n) is 3.97. The van der Waals surface area contributed by atoms with Crippen LogP contribution in [0.15, 0.2) is 16.9 Å². The molecule has 7 nitrogen and oxygen atoms in total. The van der Waals surface area contributed by atoms with Crippen LogP contribution in [0.25, 0.3) is 0 Å². The summed E-state index contributed by atoms with van der Waals surface area (Å²) in [6.45, 7) is 3.48. The molecule has 1 fully saturated rings. The van der Waals surface area contributed by atoms with Gasteiger partial charge in [0.15, 0.2) is 5.82 Å². The van der Waals surface area contributed by atoms with Crippen LogP contribution in [-0.2, 0) is 13.5 Å². The highest BCUT2D eigenvalue weighted by molar-refractivity contribution is 5.93. The minimum Gasteiger partial charge on any atom is -0.339 e. The number of carbonyl (C=O) groups excluding carboxylic acids is 1. The third kappa shape index (κ3) is 3.03. The molecule has 0 aromatic carbocycles. The molecule has 118 valence electrons. The molecule has 22 heavy (non-hydrogen) atoms. The van der Waals surface area contributed by atoms with Crippen LogP contribution in [0.4, 0.5) is 0 Å². The third-order valence-corrected chi connectivity index (χ3v) is 3.97. The molecule has 0 spiro atoms. The molecule has 7 heteroatoms. The maximum absolute atomic E-state index is 12.5. The summed E-state index contributed by atoms with van der Waals surface area (Å²) in [7, 11) is 1.81. The second kappa shape index (κ2) is 6.29. The topological polar surface area (TPSA) is 77.0 Å². The van der Waals surface area contributed by atoms with Gasteiger partial charge >= 0.3 is 0 Å². The molecule has 0 radical (unpaired) electrons. The molecule has 0 aliphatic carbocycles. The van der Waals surface area contributed by atoms with Gasteiger partial charge in [-0.3, -0.25) is 9.48 Å². The van der Waals surface area contributed by atoms with Gasteiger partial charge in [-0.2, -0.15) is 10.1 Å². The Bertz CT molecular complexity index is 648. The number of hydrogen-bond donors (Lipinski definition) is 0. The smallest absolute Gasteiger partial charge is 0.257 e. The first-order chi connectivity index (χ1) is 10.7. The van der Waals surface area contributed by atoms with Crippen LogP contribution in [0, 0.1) is 0 Å². The first kappa shape index (κ1) is 14.7. The maximum Gasteiger partial charge on any atom is 0.257 e. The lowest BCUT2D eigenvalue weighted by molar-refractivity contribution is 0.0695. The fourth-order valence-corrected chi connectivity index (χ4v) is 2.84. The molecular formula is C15H21N5O2. The molecule has 3 rings (SSSR count). The molecule has 0 bridgehead atoms. The summed E-state index contributed by atoms with van der Waals surface area (Å²) in [6, 6.07) is 0. The SMILES string of the molecule is CCCc1noc([C@H]2CCCN(C(=O)c3cnn(C)c3)C2)n1. The van der Waals surface area contributed by atoms with Crippen LogP contribution in [0.3, 0.4) is 0 Å². The van der Waals surface area contributed by atoms with Gasteiger partial charge in [-0.25, -0.2) is 0 Å². The fourth-order valence-electron chi connectivity index (χ4n) is 2.84. The molecule has 1 aliphatic rings. The fraction of sp³-hybridized carbons (Fsp3) is 0.600. The van der Waals surface area contributed by atoms with E-state index in [9.17, 15) is 4.79 Å². The number of carbonyl (C=O) groups is 1. The predicted molar refractivity (Wildman–Crippen MR) is 79.4 cm³/mol. The molecule has 0 N–H and O–H groups in total. The standard InChI is InChI=1S/C15H21N5O2/c1-3-5-13-17-14(22-18-13)11-6-4-7-20(10-11)15(21)12-8-16-19(2)9-12/h8-9,11H,3-7,10H2,1-2H3/t11-/m0/s1. The van der Waals surface area contributed by atoms with Crippen molar-refractivity contribution in [2.24, 2.45) is 7.05 Å². The predicted octanol–water partition coefficient (Wildman–Crippen LogP) is 1.78. The number of piperidine rings is 1. The van der Waals surface area contributed by atoms with Gasteiger partial charge in [0.2, 0.25) is 5.89 Å². The van der Waals surface area contributed by atoms with E-state index in [1.54, 1.807) is 17.1 Å². The lowest BCUT2D eigenvalue weighted by Crippen LogP contribution is -2.39. The second-order valence-corrected chi connectivity index (χ2v) is 5.79. The van der Waals surface area contributed by atoms with Crippen molar-refractivity contribution in [3.63, 3.8) is 0 Å². The molecule has 3 heterocycles. The van der Waals surface area contributed by atoms with Gasteiger partial charge in [0.05, 0.1) is 17.7 Å². The highest BCUT2D eigenvalue weighted by Gasteiger charge is 2.29. The molecule has 1 amide bonds. The highest BCUT2D eigenvalue weighted by Crippen LogP contribution is 2.26. The summed E-state index contributed by atoms with van der Waals surface area (Å²) in [5, 5.41) is 8.07. The Kier molecular flexibility index (Phi) is 4.22. The van der Waals surface area contributed by atoms with Crippen molar-refractivity contribution in [3.05, 3.63) is 29.7 Å². The first-order valence-corrected chi connectivity index (χ1v) is 7.77. The summed E-state index contributed by atoms with van der Waals surface area (Å²) in [5.41, 5.74) is 0.625. The molecule has 1 aliphatic heterocycles. The van der Waals surface area contributed by atoms with E-state index in [4.69, 9.17) is 4.52 Å². The van der Waals surface area contributed by atoms with Crippen LogP contribution in [-0.4, -0.2) is 43.8 Å². The van der Waals surface area contributed by atoms with Crippen LogP contribution in [0.1, 0.15) is 54.2 Å². The highest BCUT2D eigenvalue weighted by atomic mass is 16.5. The van der Waals surface area contributed by atoms with Crippen LogP contribution >= 0.6 is 0 Å². The molecule has 0 unspecified atom stereocenters. The number of rotatable bonds is 4. The number of aryl methyl sites for hydroxylation is 2. The number of hydrogen-bond acceptors (Lipinski definition) is 5. The van der Waals surface area contributed by atoms with Crippen LogP contribution < -0.4 is 0 Å². The molecule has 2 aromatic rings. The van der Waals surface area contributed by atoms with Gasteiger partial charge in [-0.15, -0.1) is 0 Å². The monoisotopic (exact) mass is 303 g/mol. The Morgan fingerprint density at radius 2 is 2.36 bits per heavy atom. The largest absolute Gasteiger partial charge is 0.339 e. The van der Waals surface area contributed by atoms with Crippen molar-refractivity contribution in [1.29, 1.82) is 0 Å². The van der Waals surface area contributed by atoms with Crippen LogP contribution in [0.5, 0.6) is 0 Å². The Morgan fingerprint density at radius 3 is 3.09 bits per heavy atom. The number of amides is 1. The Morgan fingerprint density at radius 1 is 1.50 bits per heavy atom. The summed E-state index contributed by atoms with van der Waals surface area (Å²) in [5.74, 6) is 1.57. The van der Waals surface area contributed by atoms with E-state index < -0.39 is 0 Å². The maximum atomic E-state index is 12.5. The van der Waals surface area contributed by atoms with Gasteiger partial charge in [0, 0.05) is 32.8 Å². The number of likely N-dealkylation sites (tertiary alicyclic amines) is 1. The summed E-state index contributed by atoms with van der Waals surface area (Å²) in [4.78, 5) is 18.8. The zero-order chi connectivity index (χ0) is 15.5. The van der Waals surface area contributed by atoms with Crippen molar-refractivity contribution < 1.29 is 9.32 Å². The van der Waals surface area contributed by atoms with E-state index >= 15 is 0 Å². The zero-order valence-electron chi connectivity index (χ0n) is 13.0. The first-order valence-electron chi connectivity index (χ1n) is 7.77. The van der Waals surface area contributed by atoms with Crippen molar-refractivity contribution in [2.75, 3.05) is 13.1 Å². The van der Waals surface area contributed by atoms with Gasteiger partial charge < -0.3 is 9.42 Å². The van der Waals surface area contributed by atoms with Crippen molar-refractivity contribution in [3.8, 4) is 0 Å². The number of nitrogens with zero attached hydrogens (tertiary/aromatic N) is 5. The van der Waals surface area contributed by atoms with Crippen molar-refractivity contribution in [1.82, 2.24) is 24.8 Å². The molecule has 0 saturated carbocycles. The minimum absolute atomic E-state index is 0.0195. The van der Waals surface area contributed by atoms with E-state index in [0.717, 1.165) is 38.1 Å². The van der Waals surface area contributed by atoms with Crippen LogP contribution in [0.2, 0.25) is 0 Å². The summed E-state index contributed by atoms with van der Waals surface area (Å²) in [6.07, 6.45) is 7.10. The average Bonchev–Trinajstić information content (AvgIpc) is 3.16. The lowest BCUT2D eigenvalue weighted by Gasteiger charge is -2.30. The number of aromatic nitrogens is 4. The molecule has 1 atom stereocenters. The summed E-state index contributed by atoms with van der Waals surface area (Å²) >= 11 is 0. The van der Waals surface area contributed by atoms with Gasteiger partial charge in [-0.1, -0.05) is 12.1 Å². The second-order valence-electron chi connectivity index (χ2n) is 5.79. The van der Waals surface area contributed by atoms with Gasteiger partial charge in [0.1, 0.15) is 0 Å². The van der Waals surface area contributed by atoms with E-state index in [-0.39, 0.29) is 11.8 Å². The molecular weight excluding hydrogens is 282 g/mol. The minimum atomic E-state index is 0.0195. The van der Waals surface area contributed by atoms with E-state index in [1.165, 1.54) is 0 Å². The Hall–Kier alpha value is -2.18. The van der Waals surface area contributed by atoms with E-state index in [2.05, 4.69) is 22.2 Å².